The number of hydrogen-bond acceptors (Lipinski definition) is 2. The van der Waals surface area contributed by atoms with Crippen molar-refractivity contribution in [1.29, 1.82) is 0 Å². The Kier molecular flexibility index (Phi) is 3.62. The summed E-state index contributed by atoms with van der Waals surface area (Å²) in [6.45, 7) is 0.940. The largest absolute Gasteiger partial charge is 0.399 e. The van der Waals surface area contributed by atoms with Crippen LogP contribution >= 0.6 is 15.9 Å². The second-order valence-corrected chi connectivity index (χ2v) is 4.68. The first kappa shape index (κ1) is 11.2. The smallest absolute Gasteiger partial charge is 0.0632 e. The summed E-state index contributed by atoms with van der Waals surface area (Å²) in [6, 6.07) is 8.04. The van der Waals surface area contributed by atoms with Crippen molar-refractivity contribution >= 4 is 21.6 Å². The molecule has 0 aliphatic rings. The van der Waals surface area contributed by atoms with E-state index in [0.717, 1.165) is 29.5 Å². The summed E-state index contributed by atoms with van der Waals surface area (Å²) >= 11 is 3.38. The van der Waals surface area contributed by atoms with Crippen LogP contribution in [-0.4, -0.2) is 9.78 Å². The van der Waals surface area contributed by atoms with Gasteiger partial charge in [-0.15, -0.1) is 0 Å². The number of halogens is 1. The van der Waals surface area contributed by atoms with Crippen molar-refractivity contribution in [3.63, 3.8) is 0 Å². The Labute approximate surface area is 103 Å². The fraction of sp³-hybridized carbons (Fsp3) is 0.250. The Hall–Kier alpha value is -1.29. The lowest BCUT2D eigenvalue weighted by Gasteiger charge is -2.02. The van der Waals surface area contributed by atoms with Gasteiger partial charge in [0.25, 0.3) is 0 Å². The van der Waals surface area contributed by atoms with Crippen molar-refractivity contribution in [3.05, 3.63) is 46.7 Å². The number of anilines is 1. The molecule has 0 saturated carbocycles. The normalized spacial score (nSPS) is 10.6. The third-order valence-corrected chi connectivity index (χ3v) is 2.84. The lowest BCUT2D eigenvalue weighted by molar-refractivity contribution is 0.578. The maximum Gasteiger partial charge on any atom is 0.0632 e. The van der Waals surface area contributed by atoms with Gasteiger partial charge in [-0.2, -0.15) is 5.10 Å². The number of nitrogen functional groups attached to an aromatic ring is 1. The number of aryl methyl sites for hydroxylation is 2. The first-order valence-corrected chi connectivity index (χ1v) is 6.06. The summed E-state index contributed by atoms with van der Waals surface area (Å²) in [5, 5.41) is 4.21. The van der Waals surface area contributed by atoms with Crippen molar-refractivity contribution in [2.45, 2.75) is 19.4 Å². The number of aromatic nitrogens is 2. The van der Waals surface area contributed by atoms with Crippen molar-refractivity contribution in [3.8, 4) is 0 Å². The summed E-state index contributed by atoms with van der Waals surface area (Å²) < 4.78 is 2.97. The standard InChI is InChI=1S/C12H14BrN3/c13-11-8-15-16(9-11)7-1-2-10-3-5-12(14)6-4-10/h3-6,8-9H,1-2,7,14H2. The van der Waals surface area contributed by atoms with E-state index >= 15 is 0 Å². The molecule has 0 unspecified atom stereocenters. The molecule has 0 fully saturated rings. The molecule has 84 valence electrons. The highest BCUT2D eigenvalue weighted by molar-refractivity contribution is 9.10. The van der Waals surface area contributed by atoms with E-state index in [1.165, 1.54) is 5.56 Å². The van der Waals surface area contributed by atoms with Crippen LogP contribution < -0.4 is 5.73 Å². The second-order valence-electron chi connectivity index (χ2n) is 3.77. The fourth-order valence-corrected chi connectivity index (χ4v) is 1.92. The summed E-state index contributed by atoms with van der Waals surface area (Å²) in [7, 11) is 0. The minimum absolute atomic E-state index is 0.819. The van der Waals surface area contributed by atoms with Gasteiger partial charge in [-0.1, -0.05) is 12.1 Å². The van der Waals surface area contributed by atoms with E-state index in [1.54, 1.807) is 0 Å². The molecule has 16 heavy (non-hydrogen) atoms. The molecule has 0 saturated heterocycles. The van der Waals surface area contributed by atoms with Crippen LogP contribution in [0.4, 0.5) is 5.69 Å². The maximum atomic E-state index is 5.63. The fourth-order valence-electron chi connectivity index (χ4n) is 1.59. The van der Waals surface area contributed by atoms with Gasteiger partial charge in [0, 0.05) is 18.4 Å². The Bertz CT molecular complexity index is 448. The van der Waals surface area contributed by atoms with E-state index < -0.39 is 0 Å². The lowest BCUT2D eigenvalue weighted by Crippen LogP contribution is -1.99. The van der Waals surface area contributed by atoms with E-state index in [-0.39, 0.29) is 0 Å². The van der Waals surface area contributed by atoms with Gasteiger partial charge in [0.15, 0.2) is 0 Å². The van der Waals surface area contributed by atoms with Crippen molar-refractivity contribution in [2.75, 3.05) is 5.73 Å². The van der Waals surface area contributed by atoms with Gasteiger partial charge >= 0.3 is 0 Å². The van der Waals surface area contributed by atoms with E-state index in [2.05, 4.69) is 33.2 Å². The highest BCUT2D eigenvalue weighted by Crippen LogP contribution is 2.10. The molecule has 2 rings (SSSR count). The second kappa shape index (κ2) is 5.16. The molecule has 0 aliphatic carbocycles. The Balaban J connectivity index is 1.82. The van der Waals surface area contributed by atoms with Crippen LogP contribution in [0.1, 0.15) is 12.0 Å². The van der Waals surface area contributed by atoms with Crippen molar-refractivity contribution in [2.24, 2.45) is 0 Å². The SMILES string of the molecule is Nc1ccc(CCCn2cc(Br)cn2)cc1. The third-order valence-electron chi connectivity index (χ3n) is 2.43. The molecule has 0 spiro atoms. The van der Waals surface area contributed by atoms with Gasteiger partial charge in [0.1, 0.15) is 0 Å². The molecule has 0 atom stereocenters. The summed E-state index contributed by atoms with van der Waals surface area (Å²) in [6.07, 6.45) is 5.93. The third kappa shape index (κ3) is 3.10. The average Bonchev–Trinajstić information content (AvgIpc) is 2.67. The number of nitrogens with two attached hydrogens (primary N) is 1. The highest BCUT2D eigenvalue weighted by atomic mass is 79.9. The van der Waals surface area contributed by atoms with Gasteiger partial charge in [-0.05, 0) is 46.5 Å². The predicted octanol–water partition coefficient (Wildman–Crippen LogP) is 2.86. The van der Waals surface area contributed by atoms with E-state index in [4.69, 9.17) is 5.73 Å². The molecule has 1 heterocycles. The zero-order valence-electron chi connectivity index (χ0n) is 8.94. The highest BCUT2D eigenvalue weighted by Gasteiger charge is 1.96. The van der Waals surface area contributed by atoms with E-state index in [0.29, 0.717) is 0 Å². The van der Waals surface area contributed by atoms with Crippen LogP contribution in [0.3, 0.4) is 0 Å². The van der Waals surface area contributed by atoms with Crippen LogP contribution in [0.2, 0.25) is 0 Å². The molecular weight excluding hydrogens is 266 g/mol. The van der Waals surface area contributed by atoms with Crippen molar-refractivity contribution in [1.82, 2.24) is 9.78 Å². The maximum absolute atomic E-state index is 5.63. The first-order valence-electron chi connectivity index (χ1n) is 5.26. The van der Waals surface area contributed by atoms with Crippen LogP contribution in [0.5, 0.6) is 0 Å². The van der Waals surface area contributed by atoms with Crippen LogP contribution in [0.15, 0.2) is 41.1 Å². The number of rotatable bonds is 4. The molecule has 4 heteroatoms. The van der Waals surface area contributed by atoms with E-state index in [9.17, 15) is 0 Å². The molecular formula is C12H14BrN3. The molecule has 0 radical (unpaired) electrons. The molecule has 2 aromatic rings. The lowest BCUT2D eigenvalue weighted by atomic mass is 10.1. The van der Waals surface area contributed by atoms with Crippen LogP contribution in [0.25, 0.3) is 0 Å². The first-order chi connectivity index (χ1) is 7.74. The molecule has 2 N–H and O–H groups in total. The Morgan fingerprint density at radius 2 is 2.00 bits per heavy atom. The van der Waals surface area contributed by atoms with Gasteiger partial charge in [-0.3, -0.25) is 4.68 Å². The monoisotopic (exact) mass is 279 g/mol. The Morgan fingerprint density at radius 1 is 1.25 bits per heavy atom. The quantitative estimate of drug-likeness (QED) is 0.875. The topological polar surface area (TPSA) is 43.8 Å². The summed E-state index contributed by atoms with van der Waals surface area (Å²) in [5.41, 5.74) is 7.77. The average molecular weight is 280 g/mol. The van der Waals surface area contributed by atoms with Gasteiger partial charge < -0.3 is 5.73 Å². The van der Waals surface area contributed by atoms with Gasteiger partial charge in [0.05, 0.1) is 10.7 Å². The van der Waals surface area contributed by atoms with E-state index in [1.807, 2.05) is 29.2 Å². The molecule has 0 aliphatic heterocycles. The molecule has 1 aromatic carbocycles. The Morgan fingerprint density at radius 3 is 2.62 bits per heavy atom. The minimum atomic E-state index is 0.819. The molecule has 0 bridgehead atoms. The zero-order chi connectivity index (χ0) is 11.4. The number of benzene rings is 1. The zero-order valence-corrected chi connectivity index (χ0v) is 10.5. The van der Waals surface area contributed by atoms with Gasteiger partial charge in [0.2, 0.25) is 0 Å². The summed E-state index contributed by atoms with van der Waals surface area (Å²) in [4.78, 5) is 0. The molecule has 1 aromatic heterocycles. The van der Waals surface area contributed by atoms with Crippen LogP contribution in [-0.2, 0) is 13.0 Å². The predicted molar refractivity (Wildman–Crippen MR) is 69.1 cm³/mol. The molecule has 0 amide bonds. The van der Waals surface area contributed by atoms with Crippen LogP contribution in [0, 0.1) is 0 Å². The minimum Gasteiger partial charge on any atom is -0.399 e. The van der Waals surface area contributed by atoms with Crippen molar-refractivity contribution < 1.29 is 0 Å². The summed E-state index contributed by atoms with van der Waals surface area (Å²) in [5.74, 6) is 0. The number of nitrogens with zero attached hydrogens (tertiary/aromatic N) is 2. The molecule has 3 nitrogen and oxygen atoms in total. The van der Waals surface area contributed by atoms with Gasteiger partial charge in [-0.25, -0.2) is 0 Å². The number of hydrogen-bond donors (Lipinski definition) is 1.